The maximum atomic E-state index is 12.3. The summed E-state index contributed by atoms with van der Waals surface area (Å²) >= 11 is 3.53. The van der Waals surface area contributed by atoms with Gasteiger partial charge in [0.2, 0.25) is 5.91 Å². The van der Waals surface area contributed by atoms with Gasteiger partial charge in [-0.2, -0.15) is 0 Å². The normalized spacial score (nSPS) is 10.3. The summed E-state index contributed by atoms with van der Waals surface area (Å²) in [5.41, 5.74) is 1.83. The van der Waals surface area contributed by atoms with E-state index < -0.39 is 0 Å². The fraction of sp³-hybridized carbons (Fsp3) is 0.350. The number of hydrogen-bond donors (Lipinski definition) is 1. The summed E-state index contributed by atoms with van der Waals surface area (Å²) in [5, 5.41) is 2.93. The molecule has 0 atom stereocenters. The van der Waals surface area contributed by atoms with Crippen LogP contribution in [0.5, 0.6) is 23.0 Å². The van der Waals surface area contributed by atoms with Crippen LogP contribution in [0, 0.1) is 0 Å². The van der Waals surface area contributed by atoms with Crippen LogP contribution in [0.1, 0.15) is 11.1 Å². The van der Waals surface area contributed by atoms with Crippen LogP contribution in [0.25, 0.3) is 0 Å². The number of nitrogens with one attached hydrogen (secondary N) is 1. The van der Waals surface area contributed by atoms with Crippen molar-refractivity contribution in [3.63, 3.8) is 0 Å². The average molecular weight is 438 g/mol. The van der Waals surface area contributed by atoms with E-state index in [0.717, 1.165) is 15.6 Å². The summed E-state index contributed by atoms with van der Waals surface area (Å²) in [4.78, 5) is 12.3. The van der Waals surface area contributed by atoms with Crippen molar-refractivity contribution in [3.8, 4) is 23.0 Å². The Morgan fingerprint density at radius 3 is 2.19 bits per heavy atom. The van der Waals surface area contributed by atoms with E-state index in [9.17, 15) is 4.79 Å². The van der Waals surface area contributed by atoms with Gasteiger partial charge in [-0.1, -0.05) is 22.0 Å². The molecule has 146 valence electrons. The molecule has 2 aromatic rings. The molecule has 0 heterocycles. The van der Waals surface area contributed by atoms with Crippen molar-refractivity contribution in [2.45, 2.75) is 12.8 Å². The van der Waals surface area contributed by atoms with Crippen LogP contribution >= 0.6 is 15.9 Å². The lowest BCUT2D eigenvalue weighted by molar-refractivity contribution is -0.120. The Morgan fingerprint density at radius 2 is 1.56 bits per heavy atom. The molecule has 2 rings (SSSR count). The minimum absolute atomic E-state index is 0.0740. The molecule has 1 N–H and O–H groups in total. The Hall–Kier alpha value is -2.41. The molecule has 0 aromatic heterocycles. The van der Waals surface area contributed by atoms with Gasteiger partial charge in [0.1, 0.15) is 11.5 Å². The molecular weight excluding hydrogens is 414 g/mol. The molecule has 0 fully saturated rings. The molecule has 0 radical (unpaired) electrons. The van der Waals surface area contributed by atoms with Crippen LogP contribution in [-0.4, -0.2) is 40.9 Å². The minimum atomic E-state index is -0.0740. The van der Waals surface area contributed by atoms with Gasteiger partial charge in [0, 0.05) is 22.6 Å². The molecule has 0 aliphatic rings. The maximum absolute atomic E-state index is 12.3. The zero-order valence-corrected chi connectivity index (χ0v) is 17.5. The second-order valence-corrected chi connectivity index (χ2v) is 6.61. The predicted molar refractivity (Wildman–Crippen MR) is 107 cm³/mol. The number of amides is 1. The number of hydrogen-bond acceptors (Lipinski definition) is 5. The van der Waals surface area contributed by atoms with Gasteiger partial charge in [-0.05, 0) is 30.2 Å². The van der Waals surface area contributed by atoms with Crippen LogP contribution in [0.3, 0.4) is 0 Å². The molecule has 0 saturated heterocycles. The maximum Gasteiger partial charge on any atom is 0.224 e. The number of rotatable bonds is 9. The quantitative estimate of drug-likeness (QED) is 0.651. The van der Waals surface area contributed by atoms with Crippen molar-refractivity contribution in [2.75, 3.05) is 35.0 Å². The monoisotopic (exact) mass is 437 g/mol. The molecule has 0 bridgehead atoms. The van der Waals surface area contributed by atoms with Gasteiger partial charge in [0.05, 0.1) is 34.9 Å². The molecule has 0 aliphatic heterocycles. The standard InChI is InChI=1S/C20H24BrNO5/c1-24-15-6-5-14(17(11-15)25-2)10-20(23)22-8-7-13-9-18(26-3)19(27-4)12-16(13)21/h5-6,9,11-12H,7-8,10H2,1-4H3,(H,22,23). The first-order chi connectivity index (χ1) is 13.0. The SMILES string of the molecule is COc1ccc(CC(=O)NCCc2cc(OC)c(OC)cc2Br)c(OC)c1. The molecule has 2 aromatic carbocycles. The zero-order valence-electron chi connectivity index (χ0n) is 15.9. The van der Waals surface area contributed by atoms with Crippen molar-refractivity contribution in [1.29, 1.82) is 0 Å². The van der Waals surface area contributed by atoms with Gasteiger partial charge in [0.15, 0.2) is 11.5 Å². The van der Waals surface area contributed by atoms with Crippen LogP contribution in [0.4, 0.5) is 0 Å². The molecule has 0 saturated carbocycles. The molecule has 6 nitrogen and oxygen atoms in total. The van der Waals surface area contributed by atoms with E-state index in [1.807, 2.05) is 24.3 Å². The fourth-order valence-electron chi connectivity index (χ4n) is 2.66. The molecule has 1 amide bonds. The highest BCUT2D eigenvalue weighted by Gasteiger charge is 2.12. The van der Waals surface area contributed by atoms with E-state index in [-0.39, 0.29) is 12.3 Å². The number of carbonyl (C=O) groups excluding carboxylic acids is 1. The third kappa shape index (κ3) is 5.53. The van der Waals surface area contributed by atoms with E-state index >= 15 is 0 Å². The van der Waals surface area contributed by atoms with Crippen LogP contribution < -0.4 is 24.3 Å². The van der Waals surface area contributed by atoms with Crippen LogP contribution in [0.2, 0.25) is 0 Å². The summed E-state index contributed by atoms with van der Waals surface area (Å²) in [5.74, 6) is 2.56. The van der Waals surface area contributed by atoms with Crippen molar-refractivity contribution >= 4 is 21.8 Å². The van der Waals surface area contributed by atoms with Gasteiger partial charge >= 0.3 is 0 Å². The molecule has 0 spiro atoms. The Bertz CT molecular complexity index is 794. The Labute approximate surface area is 167 Å². The Kier molecular flexibility index (Phi) is 7.79. The first kappa shape index (κ1) is 20.9. The molecular formula is C20H24BrNO5. The van der Waals surface area contributed by atoms with Gasteiger partial charge < -0.3 is 24.3 Å². The van der Waals surface area contributed by atoms with Crippen LogP contribution in [0.15, 0.2) is 34.8 Å². The summed E-state index contributed by atoms with van der Waals surface area (Å²) in [6, 6.07) is 9.18. The van der Waals surface area contributed by atoms with Gasteiger partial charge in [-0.15, -0.1) is 0 Å². The molecule has 0 unspecified atom stereocenters. The molecule has 7 heteroatoms. The number of methoxy groups -OCH3 is 4. The number of halogens is 1. The lowest BCUT2D eigenvalue weighted by Crippen LogP contribution is -2.27. The van der Waals surface area contributed by atoms with E-state index in [1.165, 1.54) is 0 Å². The Balaban J connectivity index is 1.95. The van der Waals surface area contributed by atoms with Crippen molar-refractivity contribution in [1.82, 2.24) is 5.32 Å². The molecule has 27 heavy (non-hydrogen) atoms. The van der Waals surface area contributed by atoms with Crippen molar-refractivity contribution in [2.24, 2.45) is 0 Å². The third-order valence-electron chi connectivity index (χ3n) is 4.11. The summed E-state index contributed by atoms with van der Waals surface area (Å²) in [7, 11) is 6.36. The van der Waals surface area contributed by atoms with E-state index in [1.54, 1.807) is 34.5 Å². The second-order valence-electron chi connectivity index (χ2n) is 5.75. The second kappa shape index (κ2) is 10.1. The third-order valence-corrected chi connectivity index (χ3v) is 4.85. The smallest absolute Gasteiger partial charge is 0.224 e. The van der Waals surface area contributed by atoms with Gasteiger partial charge in [-0.25, -0.2) is 0 Å². The highest BCUT2D eigenvalue weighted by atomic mass is 79.9. The summed E-state index contributed by atoms with van der Waals surface area (Å²) < 4.78 is 22.0. The molecule has 0 aliphatic carbocycles. The highest BCUT2D eigenvalue weighted by Crippen LogP contribution is 2.33. The first-order valence-electron chi connectivity index (χ1n) is 8.40. The minimum Gasteiger partial charge on any atom is -0.497 e. The van der Waals surface area contributed by atoms with E-state index in [4.69, 9.17) is 18.9 Å². The Morgan fingerprint density at radius 1 is 0.889 bits per heavy atom. The van der Waals surface area contributed by atoms with Crippen molar-refractivity contribution in [3.05, 3.63) is 45.9 Å². The topological polar surface area (TPSA) is 66.0 Å². The van der Waals surface area contributed by atoms with Gasteiger partial charge in [-0.3, -0.25) is 4.79 Å². The lowest BCUT2D eigenvalue weighted by atomic mass is 10.1. The largest absolute Gasteiger partial charge is 0.497 e. The lowest BCUT2D eigenvalue weighted by Gasteiger charge is -2.13. The summed E-state index contributed by atoms with van der Waals surface area (Å²) in [6.07, 6.45) is 0.896. The number of carbonyl (C=O) groups is 1. The van der Waals surface area contributed by atoms with E-state index in [2.05, 4.69) is 21.2 Å². The number of benzene rings is 2. The van der Waals surface area contributed by atoms with Crippen LogP contribution in [-0.2, 0) is 17.6 Å². The highest BCUT2D eigenvalue weighted by molar-refractivity contribution is 9.10. The fourth-order valence-corrected chi connectivity index (χ4v) is 3.18. The first-order valence-corrected chi connectivity index (χ1v) is 9.19. The van der Waals surface area contributed by atoms with Crippen molar-refractivity contribution < 1.29 is 23.7 Å². The van der Waals surface area contributed by atoms with E-state index in [0.29, 0.717) is 36.0 Å². The van der Waals surface area contributed by atoms with Gasteiger partial charge in [0.25, 0.3) is 0 Å². The zero-order chi connectivity index (χ0) is 19.8. The number of ether oxygens (including phenoxy) is 4. The average Bonchev–Trinajstić information content (AvgIpc) is 2.69. The summed E-state index contributed by atoms with van der Waals surface area (Å²) in [6.45, 7) is 0.505. The predicted octanol–water partition coefficient (Wildman–Crippen LogP) is 3.38.